The van der Waals surface area contributed by atoms with E-state index in [1.807, 2.05) is 0 Å². The van der Waals surface area contributed by atoms with Crippen molar-refractivity contribution in [2.24, 2.45) is 0 Å². The zero-order valence-electron chi connectivity index (χ0n) is 22.5. The van der Waals surface area contributed by atoms with Crippen LogP contribution in [-0.4, -0.2) is 24.8 Å². The molecule has 0 fully saturated rings. The molecule has 0 aromatic heterocycles. The second kappa shape index (κ2) is 30.9. The highest BCUT2D eigenvalue weighted by Crippen LogP contribution is 2.14. The van der Waals surface area contributed by atoms with E-state index in [1.165, 1.54) is 174 Å². The molecule has 194 valence electrons. The van der Waals surface area contributed by atoms with E-state index < -0.39 is 0 Å². The van der Waals surface area contributed by atoms with E-state index in [0.717, 1.165) is 6.42 Å². The van der Waals surface area contributed by atoms with E-state index in [1.54, 1.807) is 0 Å². The average Bonchev–Trinajstić information content (AvgIpc) is 2.81. The van der Waals surface area contributed by atoms with E-state index in [4.69, 9.17) is 5.11 Å². The SMILES string of the molecule is CCCCCCCCCCCCNCCCCCCCCCCCCCCCCCCO. The van der Waals surface area contributed by atoms with Crippen molar-refractivity contribution in [2.75, 3.05) is 19.7 Å². The molecule has 0 amide bonds. The van der Waals surface area contributed by atoms with Crippen LogP contribution in [0.25, 0.3) is 0 Å². The molecule has 0 saturated carbocycles. The number of aliphatic hydroxyl groups is 1. The van der Waals surface area contributed by atoms with Crippen LogP contribution < -0.4 is 5.32 Å². The Morgan fingerprint density at radius 3 is 0.875 bits per heavy atom. The van der Waals surface area contributed by atoms with Gasteiger partial charge in [0.2, 0.25) is 0 Å². The summed E-state index contributed by atoms with van der Waals surface area (Å²) in [6.45, 7) is 5.14. The lowest BCUT2D eigenvalue weighted by Crippen LogP contribution is -2.16. The van der Waals surface area contributed by atoms with Crippen molar-refractivity contribution in [3.63, 3.8) is 0 Å². The first-order valence-electron chi connectivity index (χ1n) is 15.2. The summed E-state index contributed by atoms with van der Waals surface area (Å²) in [5.74, 6) is 0. The van der Waals surface area contributed by atoms with Gasteiger partial charge in [-0.1, -0.05) is 155 Å². The summed E-state index contributed by atoms with van der Waals surface area (Å²) in [6, 6.07) is 0. The van der Waals surface area contributed by atoms with Crippen LogP contribution in [0.1, 0.15) is 174 Å². The molecule has 2 nitrogen and oxygen atoms in total. The molecule has 0 unspecified atom stereocenters. The lowest BCUT2D eigenvalue weighted by molar-refractivity contribution is 0.282. The smallest absolute Gasteiger partial charge is 0.0431 e. The Kier molecular flexibility index (Phi) is 30.8. The molecular formula is C30H63NO. The maximum atomic E-state index is 8.76. The molecular weight excluding hydrogens is 390 g/mol. The Labute approximate surface area is 204 Å². The van der Waals surface area contributed by atoms with E-state index in [-0.39, 0.29) is 0 Å². The molecule has 0 bridgehead atoms. The van der Waals surface area contributed by atoms with E-state index in [2.05, 4.69) is 12.2 Å². The summed E-state index contributed by atoms with van der Waals surface area (Å²) < 4.78 is 0. The minimum atomic E-state index is 0.372. The molecule has 0 heterocycles. The van der Waals surface area contributed by atoms with Crippen LogP contribution in [0.2, 0.25) is 0 Å². The molecule has 2 N–H and O–H groups in total. The number of hydrogen-bond acceptors (Lipinski definition) is 2. The predicted molar refractivity (Wildman–Crippen MR) is 146 cm³/mol. The van der Waals surface area contributed by atoms with Gasteiger partial charge in [-0.2, -0.15) is 0 Å². The molecule has 0 spiro atoms. The zero-order chi connectivity index (χ0) is 23.2. The fourth-order valence-corrected chi connectivity index (χ4v) is 4.70. The van der Waals surface area contributed by atoms with Crippen molar-refractivity contribution >= 4 is 0 Å². The van der Waals surface area contributed by atoms with Gasteiger partial charge in [0, 0.05) is 6.61 Å². The maximum absolute atomic E-state index is 8.76. The maximum Gasteiger partial charge on any atom is 0.0431 e. The molecule has 0 rings (SSSR count). The van der Waals surface area contributed by atoms with Gasteiger partial charge in [-0.05, 0) is 32.4 Å². The molecule has 0 aromatic carbocycles. The van der Waals surface area contributed by atoms with Crippen molar-refractivity contribution in [1.82, 2.24) is 5.32 Å². The summed E-state index contributed by atoms with van der Waals surface area (Å²) in [5, 5.41) is 12.4. The van der Waals surface area contributed by atoms with Crippen molar-refractivity contribution in [1.29, 1.82) is 0 Å². The third kappa shape index (κ3) is 29.9. The largest absolute Gasteiger partial charge is 0.396 e. The van der Waals surface area contributed by atoms with Gasteiger partial charge in [-0.15, -0.1) is 0 Å². The fraction of sp³-hybridized carbons (Fsp3) is 1.00. The Hall–Kier alpha value is -0.0800. The highest BCUT2D eigenvalue weighted by Gasteiger charge is 1.96. The normalized spacial score (nSPS) is 11.4. The van der Waals surface area contributed by atoms with Crippen LogP contribution in [0.3, 0.4) is 0 Å². The van der Waals surface area contributed by atoms with Gasteiger partial charge in [0.05, 0.1) is 0 Å². The van der Waals surface area contributed by atoms with Gasteiger partial charge in [-0.25, -0.2) is 0 Å². The van der Waals surface area contributed by atoms with Gasteiger partial charge in [-0.3, -0.25) is 0 Å². The minimum absolute atomic E-state index is 0.372. The second-order valence-corrected chi connectivity index (χ2v) is 10.3. The lowest BCUT2D eigenvalue weighted by Gasteiger charge is -2.06. The molecule has 0 atom stereocenters. The zero-order valence-corrected chi connectivity index (χ0v) is 22.5. The summed E-state index contributed by atoms with van der Waals surface area (Å²) in [4.78, 5) is 0. The molecule has 0 aliphatic carbocycles. The Balaban J connectivity index is 2.98. The van der Waals surface area contributed by atoms with Crippen LogP contribution in [0.4, 0.5) is 0 Å². The Bertz CT molecular complexity index is 277. The number of hydrogen-bond donors (Lipinski definition) is 2. The average molecular weight is 454 g/mol. The second-order valence-electron chi connectivity index (χ2n) is 10.3. The monoisotopic (exact) mass is 453 g/mol. The minimum Gasteiger partial charge on any atom is -0.396 e. The standard InChI is InChI=1S/C30H63NO/c1-2-3-4-5-6-7-16-19-22-25-28-31-29-26-23-20-17-14-12-10-8-9-11-13-15-18-21-24-27-30-32/h31-32H,2-30H2,1H3. The fourth-order valence-electron chi connectivity index (χ4n) is 4.70. The number of rotatable bonds is 29. The lowest BCUT2D eigenvalue weighted by atomic mass is 10.0. The molecule has 0 aliphatic heterocycles. The number of nitrogens with one attached hydrogen (secondary N) is 1. The molecule has 32 heavy (non-hydrogen) atoms. The van der Waals surface area contributed by atoms with Gasteiger partial charge < -0.3 is 10.4 Å². The van der Waals surface area contributed by atoms with E-state index in [9.17, 15) is 0 Å². The van der Waals surface area contributed by atoms with Crippen molar-refractivity contribution in [2.45, 2.75) is 174 Å². The number of aliphatic hydroxyl groups excluding tert-OH is 1. The summed E-state index contributed by atoms with van der Waals surface area (Å²) in [6.07, 6.45) is 36.4. The van der Waals surface area contributed by atoms with Crippen LogP contribution in [0, 0.1) is 0 Å². The molecule has 2 heteroatoms. The van der Waals surface area contributed by atoms with Crippen LogP contribution >= 0.6 is 0 Å². The van der Waals surface area contributed by atoms with Crippen molar-refractivity contribution in [3.8, 4) is 0 Å². The van der Waals surface area contributed by atoms with Crippen LogP contribution in [0.15, 0.2) is 0 Å². The van der Waals surface area contributed by atoms with Gasteiger partial charge in [0.25, 0.3) is 0 Å². The third-order valence-corrected chi connectivity index (χ3v) is 6.97. The van der Waals surface area contributed by atoms with Crippen LogP contribution in [-0.2, 0) is 0 Å². The Morgan fingerprint density at radius 2 is 0.594 bits per heavy atom. The van der Waals surface area contributed by atoms with E-state index in [0.29, 0.717) is 6.61 Å². The summed E-state index contributed by atoms with van der Waals surface area (Å²) >= 11 is 0. The topological polar surface area (TPSA) is 32.3 Å². The highest BCUT2D eigenvalue weighted by atomic mass is 16.2. The van der Waals surface area contributed by atoms with Gasteiger partial charge >= 0.3 is 0 Å². The first-order chi connectivity index (χ1) is 15.9. The molecule has 0 saturated heterocycles. The number of unbranched alkanes of at least 4 members (excludes halogenated alkanes) is 24. The molecule has 0 aliphatic rings. The van der Waals surface area contributed by atoms with Crippen molar-refractivity contribution < 1.29 is 5.11 Å². The first-order valence-corrected chi connectivity index (χ1v) is 15.2. The quantitative estimate of drug-likeness (QED) is 0.110. The highest BCUT2D eigenvalue weighted by molar-refractivity contribution is 4.53. The van der Waals surface area contributed by atoms with E-state index >= 15 is 0 Å². The third-order valence-electron chi connectivity index (χ3n) is 6.97. The predicted octanol–water partition coefficient (Wildman–Crippen LogP) is 9.73. The summed E-state index contributed by atoms with van der Waals surface area (Å²) in [7, 11) is 0. The molecule has 0 aromatic rings. The Morgan fingerprint density at radius 1 is 0.344 bits per heavy atom. The van der Waals surface area contributed by atoms with Crippen LogP contribution in [0.5, 0.6) is 0 Å². The van der Waals surface area contributed by atoms with Gasteiger partial charge in [0.15, 0.2) is 0 Å². The molecule has 0 radical (unpaired) electrons. The first kappa shape index (κ1) is 31.9. The van der Waals surface area contributed by atoms with Crippen molar-refractivity contribution in [3.05, 3.63) is 0 Å². The van der Waals surface area contributed by atoms with Gasteiger partial charge in [0.1, 0.15) is 0 Å². The summed E-state index contributed by atoms with van der Waals surface area (Å²) in [5.41, 5.74) is 0.